The molecule has 0 fully saturated rings. The summed E-state index contributed by atoms with van der Waals surface area (Å²) in [5, 5.41) is 10.3. The van der Waals surface area contributed by atoms with Gasteiger partial charge in [0.2, 0.25) is 5.91 Å². The Labute approximate surface area is 96.1 Å². The van der Waals surface area contributed by atoms with Crippen LogP contribution in [-0.2, 0) is 4.79 Å². The van der Waals surface area contributed by atoms with Crippen LogP contribution in [0.4, 0.5) is 0 Å². The van der Waals surface area contributed by atoms with Crippen LogP contribution in [0.15, 0.2) is 49.1 Å². The van der Waals surface area contributed by atoms with Crippen LogP contribution < -0.4 is 5.32 Å². The minimum absolute atomic E-state index is 0.312. The monoisotopic (exact) mass is 219 g/mol. The van der Waals surface area contributed by atoms with Crippen molar-refractivity contribution in [2.24, 2.45) is 0 Å². The van der Waals surface area contributed by atoms with Crippen LogP contribution in [-0.4, -0.2) is 17.7 Å². The zero-order valence-corrected chi connectivity index (χ0v) is 9.44. The van der Waals surface area contributed by atoms with Crippen LogP contribution in [0.2, 0.25) is 0 Å². The summed E-state index contributed by atoms with van der Waals surface area (Å²) >= 11 is 0. The first kappa shape index (κ1) is 14.1. The lowest BCUT2D eigenvalue weighted by Crippen LogP contribution is -2.24. The van der Waals surface area contributed by atoms with Crippen molar-refractivity contribution in [1.29, 1.82) is 0 Å². The highest BCUT2D eigenvalue weighted by Gasteiger charge is 1.95. The van der Waals surface area contributed by atoms with E-state index in [1.54, 1.807) is 6.92 Å². The first-order valence-electron chi connectivity index (χ1n) is 4.84. The van der Waals surface area contributed by atoms with Gasteiger partial charge in [-0.1, -0.05) is 49.6 Å². The molecule has 0 atom stereocenters. The molecule has 0 aromatic heterocycles. The van der Waals surface area contributed by atoms with Gasteiger partial charge in [0.1, 0.15) is 6.73 Å². The molecular weight excluding hydrogens is 202 g/mol. The van der Waals surface area contributed by atoms with Gasteiger partial charge in [-0.25, -0.2) is 0 Å². The second-order valence-corrected chi connectivity index (χ2v) is 3.06. The van der Waals surface area contributed by atoms with E-state index in [4.69, 9.17) is 5.11 Å². The van der Waals surface area contributed by atoms with Crippen molar-refractivity contribution < 1.29 is 9.90 Å². The maximum Gasteiger partial charge on any atom is 0.248 e. The molecule has 1 aromatic carbocycles. The Morgan fingerprint density at radius 1 is 1.44 bits per heavy atom. The lowest BCUT2D eigenvalue weighted by Gasteiger charge is -1.96. The lowest BCUT2D eigenvalue weighted by molar-refractivity contribution is -0.118. The lowest BCUT2D eigenvalue weighted by atomic mass is 10.2. The summed E-state index contributed by atoms with van der Waals surface area (Å²) < 4.78 is 0. The number of rotatable bonds is 3. The Morgan fingerprint density at radius 3 is 2.25 bits per heavy atom. The molecule has 0 heterocycles. The van der Waals surface area contributed by atoms with Gasteiger partial charge in [-0.2, -0.15) is 0 Å². The minimum Gasteiger partial charge on any atom is -0.376 e. The van der Waals surface area contributed by atoms with Crippen LogP contribution in [0.3, 0.4) is 0 Å². The molecule has 0 unspecified atom stereocenters. The van der Waals surface area contributed by atoms with Crippen molar-refractivity contribution in [3.8, 4) is 0 Å². The number of carbonyl (C=O) groups excluding carboxylic acids is 1. The third-order valence-corrected chi connectivity index (χ3v) is 1.66. The smallest absolute Gasteiger partial charge is 0.248 e. The number of carbonyl (C=O) groups is 1. The highest BCUT2D eigenvalue weighted by atomic mass is 16.3. The Kier molecular flexibility index (Phi) is 7.45. The summed E-state index contributed by atoms with van der Waals surface area (Å²) in [4.78, 5) is 10.4. The predicted molar refractivity (Wildman–Crippen MR) is 66.6 cm³/mol. The Hall–Kier alpha value is -1.87. The van der Waals surface area contributed by atoms with Crippen LogP contribution in [0.1, 0.15) is 12.5 Å². The second-order valence-electron chi connectivity index (χ2n) is 3.06. The molecule has 16 heavy (non-hydrogen) atoms. The Bertz CT molecular complexity index is 344. The van der Waals surface area contributed by atoms with E-state index in [9.17, 15) is 4.79 Å². The number of benzene rings is 1. The second kappa shape index (κ2) is 8.44. The molecule has 0 saturated carbocycles. The van der Waals surface area contributed by atoms with Gasteiger partial charge >= 0.3 is 0 Å². The molecular formula is C13H17NO2. The normalized spacial score (nSPS) is 8.38. The molecule has 86 valence electrons. The van der Waals surface area contributed by atoms with Crippen molar-refractivity contribution >= 4 is 12.0 Å². The third kappa shape index (κ3) is 6.56. The average molecular weight is 219 g/mol. The predicted octanol–water partition coefficient (Wildman–Crippen LogP) is 1.96. The SMILES string of the molecule is C=C(C)C(=O)NCO.C=Cc1ccccc1. The molecule has 0 bridgehead atoms. The maximum atomic E-state index is 10.4. The highest BCUT2D eigenvalue weighted by Crippen LogP contribution is 1.97. The summed E-state index contributed by atoms with van der Waals surface area (Å²) in [5.74, 6) is -0.312. The molecule has 1 rings (SSSR count). The van der Waals surface area contributed by atoms with Crippen LogP contribution >= 0.6 is 0 Å². The number of hydrogen-bond acceptors (Lipinski definition) is 2. The maximum absolute atomic E-state index is 10.4. The van der Waals surface area contributed by atoms with Gasteiger partial charge in [0.25, 0.3) is 0 Å². The highest BCUT2D eigenvalue weighted by molar-refractivity contribution is 5.91. The standard InChI is InChI=1S/C8H8.C5H9NO2/c1-2-8-6-4-3-5-7-8;1-4(2)5(8)6-3-7/h2-7H,1H2;7H,1,3H2,2H3,(H,6,8). The van der Waals surface area contributed by atoms with Crippen LogP contribution in [0.25, 0.3) is 6.08 Å². The number of aliphatic hydroxyl groups is 1. The van der Waals surface area contributed by atoms with Gasteiger partial charge in [-0.05, 0) is 12.5 Å². The van der Waals surface area contributed by atoms with Gasteiger partial charge in [-0.15, -0.1) is 0 Å². The fourth-order valence-electron chi connectivity index (χ4n) is 0.812. The summed E-state index contributed by atoms with van der Waals surface area (Å²) in [7, 11) is 0. The summed E-state index contributed by atoms with van der Waals surface area (Å²) in [6.07, 6.45) is 1.83. The number of nitrogens with one attached hydrogen (secondary N) is 1. The van der Waals surface area contributed by atoms with E-state index in [0.29, 0.717) is 5.57 Å². The number of amides is 1. The first-order valence-corrected chi connectivity index (χ1v) is 4.84. The molecule has 3 heteroatoms. The zero-order chi connectivity index (χ0) is 12.4. The molecule has 0 spiro atoms. The van der Waals surface area contributed by atoms with Crippen molar-refractivity contribution in [1.82, 2.24) is 5.32 Å². The zero-order valence-electron chi connectivity index (χ0n) is 9.44. The van der Waals surface area contributed by atoms with Crippen molar-refractivity contribution in [2.45, 2.75) is 6.92 Å². The summed E-state index contributed by atoms with van der Waals surface area (Å²) in [5.41, 5.74) is 1.58. The van der Waals surface area contributed by atoms with E-state index in [1.807, 2.05) is 36.4 Å². The van der Waals surface area contributed by atoms with Crippen molar-refractivity contribution in [3.63, 3.8) is 0 Å². The first-order chi connectivity index (χ1) is 7.61. The Balaban J connectivity index is 0.000000281. The van der Waals surface area contributed by atoms with E-state index < -0.39 is 0 Å². The topological polar surface area (TPSA) is 49.3 Å². The van der Waals surface area contributed by atoms with E-state index in [0.717, 1.165) is 0 Å². The van der Waals surface area contributed by atoms with Gasteiger partial charge in [0.15, 0.2) is 0 Å². The van der Waals surface area contributed by atoms with Crippen LogP contribution in [0, 0.1) is 0 Å². The fraction of sp³-hybridized carbons (Fsp3) is 0.154. The van der Waals surface area contributed by atoms with Gasteiger partial charge in [-0.3, -0.25) is 4.79 Å². The molecule has 2 N–H and O–H groups in total. The van der Waals surface area contributed by atoms with Crippen molar-refractivity contribution in [3.05, 3.63) is 54.6 Å². The molecule has 1 aromatic rings. The van der Waals surface area contributed by atoms with Gasteiger partial charge < -0.3 is 10.4 Å². The van der Waals surface area contributed by atoms with Gasteiger partial charge in [0.05, 0.1) is 0 Å². The molecule has 0 aliphatic rings. The molecule has 3 nitrogen and oxygen atoms in total. The summed E-state index contributed by atoms with van der Waals surface area (Å²) in [6.45, 7) is 8.23. The number of aliphatic hydroxyl groups excluding tert-OH is 1. The molecule has 1 amide bonds. The summed E-state index contributed by atoms with van der Waals surface area (Å²) in [6, 6.07) is 10.0. The average Bonchev–Trinajstić information content (AvgIpc) is 2.31. The molecule has 0 aliphatic heterocycles. The molecule has 0 radical (unpaired) electrons. The van der Waals surface area contributed by atoms with Crippen molar-refractivity contribution in [2.75, 3.05) is 6.73 Å². The fourth-order valence-corrected chi connectivity index (χ4v) is 0.812. The Morgan fingerprint density at radius 2 is 2.00 bits per heavy atom. The van der Waals surface area contributed by atoms with E-state index in [-0.39, 0.29) is 12.6 Å². The van der Waals surface area contributed by atoms with E-state index >= 15 is 0 Å². The largest absolute Gasteiger partial charge is 0.376 e. The molecule has 0 aliphatic carbocycles. The number of hydrogen-bond donors (Lipinski definition) is 2. The molecule has 0 saturated heterocycles. The van der Waals surface area contributed by atoms with E-state index in [1.165, 1.54) is 5.56 Å². The van der Waals surface area contributed by atoms with E-state index in [2.05, 4.69) is 18.5 Å². The quantitative estimate of drug-likeness (QED) is 0.603. The minimum atomic E-state index is -0.328. The van der Waals surface area contributed by atoms with Gasteiger partial charge in [0, 0.05) is 5.57 Å². The van der Waals surface area contributed by atoms with Crippen LogP contribution in [0.5, 0.6) is 0 Å². The third-order valence-electron chi connectivity index (χ3n) is 1.66.